The quantitative estimate of drug-likeness (QED) is 0.355. The van der Waals surface area contributed by atoms with Gasteiger partial charge in [0.05, 0.1) is 18.3 Å². The van der Waals surface area contributed by atoms with Crippen molar-refractivity contribution in [3.63, 3.8) is 0 Å². The largest absolute Gasteiger partial charge is 0.459 e. The van der Waals surface area contributed by atoms with Crippen molar-refractivity contribution < 1.29 is 24.9 Å². The fourth-order valence-electron chi connectivity index (χ4n) is 9.18. The molecule has 3 fully saturated rings. The van der Waals surface area contributed by atoms with E-state index in [2.05, 4.69) is 47.6 Å². The molecular formula is C30H50O5. The highest BCUT2D eigenvalue weighted by atomic mass is 16.6. The lowest BCUT2D eigenvalue weighted by atomic mass is 9.45. The summed E-state index contributed by atoms with van der Waals surface area (Å²) in [6.45, 7) is 15.0. The van der Waals surface area contributed by atoms with Gasteiger partial charge in [-0.25, -0.2) is 0 Å². The Morgan fingerprint density at radius 1 is 1.14 bits per heavy atom. The third-order valence-corrected chi connectivity index (χ3v) is 11.4. The zero-order chi connectivity index (χ0) is 25.9. The van der Waals surface area contributed by atoms with Gasteiger partial charge in [0.1, 0.15) is 6.10 Å². The van der Waals surface area contributed by atoms with Crippen molar-refractivity contribution in [2.45, 2.75) is 118 Å². The van der Waals surface area contributed by atoms with Gasteiger partial charge in [0, 0.05) is 18.3 Å². The molecule has 0 aliphatic heterocycles. The van der Waals surface area contributed by atoms with Gasteiger partial charge in [-0.15, -0.1) is 0 Å². The SMILES string of the molecule is CC(=O)O[C@@H]1[C@H](O)[C@H]2[C@@H](CC=C3C[C@@H](O)CC[C@@]32C)[C@@H]2C[C@@H](O)[C@H]([C@H](C)CC[C@@H](C)C(C)C)[C@@]12C. The summed E-state index contributed by atoms with van der Waals surface area (Å²) in [5.74, 6) is 1.55. The zero-order valence-electron chi connectivity index (χ0n) is 23.0. The lowest BCUT2D eigenvalue weighted by molar-refractivity contribution is -0.222. The summed E-state index contributed by atoms with van der Waals surface area (Å²) in [5, 5.41) is 33.9. The maximum atomic E-state index is 12.4. The predicted molar refractivity (Wildman–Crippen MR) is 137 cm³/mol. The van der Waals surface area contributed by atoms with Crippen molar-refractivity contribution in [2.24, 2.45) is 52.3 Å². The fourth-order valence-corrected chi connectivity index (χ4v) is 9.18. The summed E-state index contributed by atoms with van der Waals surface area (Å²) in [7, 11) is 0. The van der Waals surface area contributed by atoms with Crippen LogP contribution in [0.3, 0.4) is 0 Å². The van der Waals surface area contributed by atoms with Crippen LogP contribution in [0.4, 0.5) is 0 Å². The molecule has 5 heteroatoms. The lowest BCUT2D eigenvalue weighted by Gasteiger charge is -2.62. The molecule has 0 bridgehead atoms. The van der Waals surface area contributed by atoms with Crippen LogP contribution in [-0.2, 0) is 9.53 Å². The molecule has 3 saturated carbocycles. The average Bonchev–Trinajstić information content (AvgIpc) is 3.05. The molecule has 0 aromatic carbocycles. The van der Waals surface area contributed by atoms with Crippen LogP contribution in [0.25, 0.3) is 0 Å². The maximum absolute atomic E-state index is 12.4. The number of esters is 1. The van der Waals surface area contributed by atoms with Crippen molar-refractivity contribution in [1.29, 1.82) is 0 Å². The van der Waals surface area contributed by atoms with Crippen LogP contribution in [0.1, 0.15) is 93.4 Å². The van der Waals surface area contributed by atoms with E-state index in [0.29, 0.717) is 24.7 Å². The number of aliphatic hydroxyl groups excluding tert-OH is 3. The second-order valence-corrected chi connectivity index (χ2v) is 13.6. The third kappa shape index (κ3) is 4.42. The van der Waals surface area contributed by atoms with E-state index in [0.717, 1.165) is 32.1 Å². The monoisotopic (exact) mass is 490 g/mol. The predicted octanol–water partition coefficient (Wildman–Crippen LogP) is 5.12. The molecule has 4 rings (SSSR count). The third-order valence-electron chi connectivity index (χ3n) is 11.4. The molecule has 4 aliphatic rings. The maximum Gasteiger partial charge on any atom is 0.303 e. The van der Waals surface area contributed by atoms with Gasteiger partial charge < -0.3 is 20.1 Å². The first-order chi connectivity index (χ1) is 16.3. The van der Waals surface area contributed by atoms with Crippen LogP contribution in [-0.4, -0.2) is 45.7 Å². The highest BCUT2D eigenvalue weighted by Crippen LogP contribution is 2.68. The Bertz CT molecular complexity index is 822. The minimum Gasteiger partial charge on any atom is -0.459 e. The summed E-state index contributed by atoms with van der Waals surface area (Å²) in [4.78, 5) is 12.4. The summed E-state index contributed by atoms with van der Waals surface area (Å²) in [5.41, 5.74) is 0.581. The van der Waals surface area contributed by atoms with Gasteiger partial charge >= 0.3 is 5.97 Å². The number of rotatable bonds is 6. The van der Waals surface area contributed by atoms with E-state index in [1.807, 2.05) is 0 Å². The highest BCUT2D eigenvalue weighted by Gasteiger charge is 2.69. The second-order valence-electron chi connectivity index (χ2n) is 13.6. The van der Waals surface area contributed by atoms with Crippen LogP contribution in [0.2, 0.25) is 0 Å². The molecule has 3 N–H and O–H groups in total. The minimum absolute atomic E-state index is 0.0156. The molecule has 4 aliphatic carbocycles. The Labute approximate surface area is 212 Å². The summed E-state index contributed by atoms with van der Waals surface area (Å²) < 4.78 is 6.04. The van der Waals surface area contributed by atoms with Crippen molar-refractivity contribution in [3.8, 4) is 0 Å². The first-order valence-electron chi connectivity index (χ1n) is 14.2. The molecule has 0 amide bonds. The molecular weight excluding hydrogens is 440 g/mol. The standard InChI is InChI=1S/C30H50O5/c1-16(2)17(3)8-9-18(4)25-24(33)15-23-22-11-10-20-14-21(32)12-13-29(20,6)26(22)27(34)28(30(23,25)7)35-19(5)31/h10,16-18,21-28,32-34H,8-9,11-15H2,1-7H3/t17-,18-,21+,22+,23+,24-,25+,26-,27-,28-,29+,30+/m1/s1. The van der Waals surface area contributed by atoms with E-state index in [9.17, 15) is 20.1 Å². The van der Waals surface area contributed by atoms with E-state index in [1.165, 1.54) is 12.5 Å². The van der Waals surface area contributed by atoms with Crippen molar-refractivity contribution in [3.05, 3.63) is 11.6 Å². The van der Waals surface area contributed by atoms with E-state index < -0.39 is 23.7 Å². The molecule has 12 atom stereocenters. The number of allylic oxidation sites excluding steroid dienone is 1. The number of hydrogen-bond donors (Lipinski definition) is 3. The Morgan fingerprint density at radius 3 is 2.46 bits per heavy atom. The van der Waals surface area contributed by atoms with Crippen LogP contribution in [0.15, 0.2) is 11.6 Å². The van der Waals surface area contributed by atoms with Crippen molar-refractivity contribution in [2.75, 3.05) is 0 Å². The van der Waals surface area contributed by atoms with Crippen LogP contribution < -0.4 is 0 Å². The van der Waals surface area contributed by atoms with Gasteiger partial charge in [0.2, 0.25) is 0 Å². The molecule has 200 valence electrons. The van der Waals surface area contributed by atoms with Crippen molar-refractivity contribution in [1.82, 2.24) is 0 Å². The minimum atomic E-state index is -0.774. The molecule has 0 heterocycles. The average molecular weight is 491 g/mol. The molecule has 0 unspecified atom stereocenters. The van der Waals surface area contributed by atoms with Gasteiger partial charge in [-0.2, -0.15) is 0 Å². The molecule has 0 saturated heterocycles. The van der Waals surface area contributed by atoms with Crippen LogP contribution in [0, 0.1) is 52.3 Å². The van der Waals surface area contributed by atoms with E-state index in [4.69, 9.17) is 4.74 Å². The Hall–Kier alpha value is -0.910. The Morgan fingerprint density at radius 2 is 1.83 bits per heavy atom. The molecule has 0 aromatic rings. The molecule has 35 heavy (non-hydrogen) atoms. The molecule has 5 nitrogen and oxygen atoms in total. The number of carbonyl (C=O) groups excluding carboxylic acids is 1. The summed E-state index contributed by atoms with van der Waals surface area (Å²) >= 11 is 0. The van der Waals surface area contributed by atoms with Crippen LogP contribution >= 0.6 is 0 Å². The van der Waals surface area contributed by atoms with Gasteiger partial charge in [0.25, 0.3) is 0 Å². The molecule has 0 radical (unpaired) electrons. The first kappa shape index (κ1) is 27.1. The number of carbonyl (C=O) groups is 1. The Kier molecular flexibility index (Phi) is 7.57. The summed E-state index contributed by atoms with van der Waals surface area (Å²) in [6.07, 6.45) is 6.12. The first-order valence-corrected chi connectivity index (χ1v) is 14.2. The normalized spacial score (nSPS) is 46.8. The van der Waals surface area contributed by atoms with Gasteiger partial charge in [0.15, 0.2) is 0 Å². The van der Waals surface area contributed by atoms with Gasteiger partial charge in [-0.3, -0.25) is 4.79 Å². The lowest BCUT2D eigenvalue weighted by Crippen LogP contribution is -2.65. The van der Waals surface area contributed by atoms with Gasteiger partial charge in [-0.1, -0.05) is 66.0 Å². The second kappa shape index (κ2) is 9.76. The van der Waals surface area contributed by atoms with E-state index in [1.54, 1.807) is 0 Å². The zero-order valence-corrected chi connectivity index (χ0v) is 23.0. The highest BCUT2D eigenvalue weighted by molar-refractivity contribution is 5.66. The van der Waals surface area contributed by atoms with E-state index >= 15 is 0 Å². The molecule has 0 aromatic heterocycles. The van der Waals surface area contributed by atoms with Crippen LogP contribution in [0.5, 0.6) is 0 Å². The van der Waals surface area contributed by atoms with E-state index in [-0.39, 0.29) is 47.1 Å². The topological polar surface area (TPSA) is 87.0 Å². The Balaban J connectivity index is 1.71. The molecule has 0 spiro atoms. The number of fused-ring (bicyclic) bond motifs is 5. The number of aliphatic hydroxyl groups is 3. The van der Waals surface area contributed by atoms with Gasteiger partial charge in [-0.05, 0) is 73.0 Å². The van der Waals surface area contributed by atoms with Crippen molar-refractivity contribution >= 4 is 5.97 Å². The fraction of sp³-hybridized carbons (Fsp3) is 0.900. The number of ether oxygens (including phenoxy) is 1. The number of hydrogen-bond acceptors (Lipinski definition) is 5. The summed E-state index contributed by atoms with van der Waals surface area (Å²) in [6, 6.07) is 0. The smallest absolute Gasteiger partial charge is 0.303 e.